The molecule has 1 N–H and O–H groups in total. The van der Waals surface area contributed by atoms with Crippen LogP contribution in [0.2, 0.25) is 5.02 Å². The van der Waals surface area contributed by atoms with Gasteiger partial charge in [-0.05, 0) is 48.6 Å². The van der Waals surface area contributed by atoms with Crippen LogP contribution in [-0.2, 0) is 20.7 Å². The number of nitrogens with zero attached hydrogens (tertiary/aromatic N) is 3. The lowest BCUT2D eigenvalue weighted by atomic mass is 9.94. The summed E-state index contributed by atoms with van der Waals surface area (Å²) in [6.07, 6.45) is 2.40. The van der Waals surface area contributed by atoms with Crippen LogP contribution in [0.4, 0.5) is 0 Å². The summed E-state index contributed by atoms with van der Waals surface area (Å²) in [6, 6.07) is 5.59. The second kappa shape index (κ2) is 8.58. The van der Waals surface area contributed by atoms with Gasteiger partial charge in [0.05, 0.1) is 46.5 Å². The molecule has 0 spiro atoms. The molecule has 4 unspecified atom stereocenters. The highest BCUT2D eigenvalue weighted by atomic mass is 35.5. The topological polar surface area (TPSA) is 84.4 Å². The van der Waals surface area contributed by atoms with Crippen molar-refractivity contribution in [2.75, 3.05) is 19.7 Å². The van der Waals surface area contributed by atoms with E-state index in [1.165, 1.54) is 4.90 Å². The van der Waals surface area contributed by atoms with Gasteiger partial charge in [-0.2, -0.15) is 0 Å². The maximum Gasteiger partial charge on any atom is 0.234 e. The van der Waals surface area contributed by atoms with Gasteiger partial charge in [0.25, 0.3) is 0 Å². The van der Waals surface area contributed by atoms with Crippen molar-refractivity contribution in [2.24, 2.45) is 17.3 Å². The third-order valence-corrected chi connectivity index (χ3v) is 9.61. The fraction of sp³-hybridized carbons (Fsp3) is 0.481. The first-order valence-electron chi connectivity index (χ1n) is 12.4. The van der Waals surface area contributed by atoms with E-state index in [9.17, 15) is 9.59 Å². The predicted octanol–water partition coefficient (Wildman–Crippen LogP) is 4.55. The molecule has 2 saturated heterocycles. The van der Waals surface area contributed by atoms with E-state index >= 15 is 0 Å². The van der Waals surface area contributed by atoms with Gasteiger partial charge in [-0.15, -0.1) is 11.3 Å². The minimum atomic E-state index is -0.345. The van der Waals surface area contributed by atoms with Crippen molar-refractivity contribution in [1.82, 2.24) is 20.2 Å². The number of hydrogen-bond acceptors (Lipinski definition) is 7. The number of carbonyl (C=O) groups is 2. The summed E-state index contributed by atoms with van der Waals surface area (Å²) in [4.78, 5) is 37.7. The van der Waals surface area contributed by atoms with E-state index < -0.39 is 0 Å². The van der Waals surface area contributed by atoms with E-state index in [4.69, 9.17) is 16.3 Å². The molecule has 3 aliphatic rings. The minimum absolute atomic E-state index is 0.0555. The van der Waals surface area contributed by atoms with Crippen LogP contribution in [0.1, 0.15) is 42.8 Å². The number of piperidine rings is 1. The average molecular weight is 525 g/mol. The first-order chi connectivity index (χ1) is 17.2. The summed E-state index contributed by atoms with van der Waals surface area (Å²) < 4.78 is 6.92. The number of nitrogens with one attached hydrogen (secondary N) is 1. The molecular formula is C27H29ClN4O3S. The van der Waals surface area contributed by atoms with Crippen LogP contribution in [0.15, 0.2) is 24.5 Å². The lowest BCUT2D eigenvalue weighted by Crippen LogP contribution is -2.39. The van der Waals surface area contributed by atoms with Crippen LogP contribution >= 0.6 is 22.9 Å². The van der Waals surface area contributed by atoms with Crippen molar-refractivity contribution < 1.29 is 14.3 Å². The predicted molar refractivity (Wildman–Crippen MR) is 140 cm³/mol. The summed E-state index contributed by atoms with van der Waals surface area (Å²) in [7, 11) is 0. The van der Waals surface area contributed by atoms with Gasteiger partial charge < -0.3 is 10.1 Å². The molecule has 188 valence electrons. The van der Waals surface area contributed by atoms with Crippen LogP contribution < -0.4 is 5.32 Å². The lowest BCUT2D eigenvalue weighted by molar-refractivity contribution is -0.145. The zero-order chi connectivity index (χ0) is 25.4. The zero-order valence-corrected chi connectivity index (χ0v) is 22.4. The van der Waals surface area contributed by atoms with Crippen LogP contribution in [0.3, 0.4) is 0 Å². The summed E-state index contributed by atoms with van der Waals surface area (Å²) in [5.41, 5.74) is 4.62. The summed E-state index contributed by atoms with van der Waals surface area (Å²) >= 11 is 8.06. The zero-order valence-electron chi connectivity index (χ0n) is 20.8. The second-order valence-electron chi connectivity index (χ2n) is 10.7. The van der Waals surface area contributed by atoms with Crippen LogP contribution in [0.25, 0.3) is 21.5 Å². The molecule has 4 atom stereocenters. The largest absolute Gasteiger partial charge is 0.375 e. The Hall–Kier alpha value is -2.39. The van der Waals surface area contributed by atoms with Crippen molar-refractivity contribution in [1.29, 1.82) is 0 Å². The highest BCUT2D eigenvalue weighted by Gasteiger charge is 2.73. The molecule has 3 aromatic rings. The standard InChI is InChI=1S/C27H29ClN4O3S/c1-13-7-15(28)8-18(17(13)9-16-11-29-5-6-35-16)23-24-19(30-12-31-23)10-20(36-24)14(2)32-25(33)21-22(26(32)34)27(21,3)4/h7-8,10,12,14,16,21-22,29H,5-6,9,11H2,1-4H3. The smallest absolute Gasteiger partial charge is 0.234 e. The van der Waals surface area contributed by atoms with Crippen LogP contribution in [0.5, 0.6) is 0 Å². The molecule has 2 aromatic heterocycles. The van der Waals surface area contributed by atoms with E-state index in [0.29, 0.717) is 11.6 Å². The summed E-state index contributed by atoms with van der Waals surface area (Å²) in [5.74, 6) is -0.489. The quantitative estimate of drug-likeness (QED) is 0.493. The normalized spacial score (nSPS) is 25.9. The molecule has 1 aromatic carbocycles. The first-order valence-corrected chi connectivity index (χ1v) is 13.6. The molecule has 0 bridgehead atoms. The number of amides is 2. The van der Waals surface area contributed by atoms with Gasteiger partial charge in [0.15, 0.2) is 0 Å². The Kier molecular flexibility index (Phi) is 5.72. The number of halogens is 1. The molecule has 0 radical (unpaired) electrons. The Labute approximate surface area is 219 Å². The number of rotatable bonds is 5. The van der Waals surface area contributed by atoms with Crippen molar-refractivity contribution in [3.8, 4) is 11.3 Å². The number of carbonyl (C=O) groups excluding carboxylic acids is 2. The van der Waals surface area contributed by atoms with Gasteiger partial charge in [0, 0.05) is 35.0 Å². The lowest BCUT2D eigenvalue weighted by Gasteiger charge is -2.26. The molecule has 2 aliphatic heterocycles. The fourth-order valence-electron chi connectivity index (χ4n) is 5.98. The monoisotopic (exact) mass is 524 g/mol. The molecule has 36 heavy (non-hydrogen) atoms. The van der Waals surface area contributed by atoms with Gasteiger partial charge in [-0.1, -0.05) is 25.4 Å². The number of imide groups is 1. The van der Waals surface area contributed by atoms with Crippen LogP contribution in [0, 0.1) is 24.2 Å². The molecule has 9 heteroatoms. The fourth-order valence-corrected chi connectivity index (χ4v) is 7.41. The molecule has 3 fully saturated rings. The Balaban J connectivity index is 1.38. The van der Waals surface area contributed by atoms with E-state index in [-0.39, 0.29) is 41.2 Å². The number of thiophene rings is 1. The molecule has 1 aliphatic carbocycles. The number of ether oxygens (including phenoxy) is 1. The Morgan fingerprint density at radius 3 is 2.67 bits per heavy atom. The van der Waals surface area contributed by atoms with E-state index in [1.54, 1.807) is 17.7 Å². The highest BCUT2D eigenvalue weighted by Crippen LogP contribution is 2.64. The Bertz CT molecular complexity index is 1370. The van der Waals surface area contributed by atoms with Gasteiger partial charge >= 0.3 is 0 Å². The third-order valence-electron chi connectivity index (χ3n) is 8.09. The number of aromatic nitrogens is 2. The maximum absolute atomic E-state index is 13.1. The minimum Gasteiger partial charge on any atom is -0.375 e. The third kappa shape index (κ3) is 3.69. The van der Waals surface area contributed by atoms with Gasteiger partial charge in [-0.25, -0.2) is 9.97 Å². The number of benzene rings is 1. The molecular weight excluding hydrogens is 496 g/mol. The summed E-state index contributed by atoms with van der Waals surface area (Å²) in [6.45, 7) is 10.4. The van der Waals surface area contributed by atoms with Crippen molar-refractivity contribution in [3.63, 3.8) is 0 Å². The molecule has 4 heterocycles. The van der Waals surface area contributed by atoms with Crippen molar-refractivity contribution >= 4 is 45.0 Å². The number of likely N-dealkylation sites (tertiary alicyclic amines) is 1. The van der Waals surface area contributed by atoms with E-state index in [1.807, 2.05) is 39.0 Å². The SMILES string of the molecule is Cc1cc(Cl)cc(-c2ncnc3cc(C(C)N4C(=O)C5C(C4=O)C5(C)C)sc23)c1CC1CNCCO1. The van der Waals surface area contributed by atoms with Gasteiger partial charge in [0.1, 0.15) is 6.33 Å². The van der Waals surface area contributed by atoms with Gasteiger partial charge in [0.2, 0.25) is 11.8 Å². The number of fused-ring (bicyclic) bond motifs is 2. The number of hydrogen-bond donors (Lipinski definition) is 1. The van der Waals surface area contributed by atoms with Crippen LogP contribution in [-0.4, -0.2) is 52.5 Å². The Morgan fingerprint density at radius 2 is 1.97 bits per heavy atom. The maximum atomic E-state index is 13.1. The number of morpholine rings is 1. The highest BCUT2D eigenvalue weighted by molar-refractivity contribution is 7.19. The van der Waals surface area contributed by atoms with Crippen molar-refractivity contribution in [2.45, 2.75) is 46.3 Å². The summed E-state index contributed by atoms with van der Waals surface area (Å²) in [5, 5.41) is 4.05. The van der Waals surface area contributed by atoms with Crippen molar-refractivity contribution in [3.05, 3.63) is 45.6 Å². The van der Waals surface area contributed by atoms with E-state index in [2.05, 4.69) is 22.2 Å². The number of aryl methyl sites for hydroxylation is 1. The Morgan fingerprint density at radius 1 is 1.22 bits per heavy atom. The van der Waals surface area contributed by atoms with E-state index in [0.717, 1.165) is 57.0 Å². The molecule has 6 rings (SSSR count). The average Bonchev–Trinajstić information content (AvgIpc) is 3.10. The molecule has 2 amide bonds. The molecule has 1 saturated carbocycles. The van der Waals surface area contributed by atoms with Gasteiger partial charge in [-0.3, -0.25) is 14.5 Å². The first kappa shape index (κ1) is 24.0. The molecule has 7 nitrogen and oxygen atoms in total. The second-order valence-corrected chi connectivity index (χ2v) is 12.3.